The molecule has 0 bridgehead atoms. The van der Waals surface area contributed by atoms with Crippen molar-refractivity contribution < 1.29 is 28.8 Å². The van der Waals surface area contributed by atoms with Crippen LogP contribution in [0.5, 0.6) is 0 Å². The van der Waals surface area contributed by atoms with Crippen LogP contribution in [0.15, 0.2) is 52.6 Å². The van der Waals surface area contributed by atoms with Crippen LogP contribution in [-0.4, -0.2) is 60.1 Å². The zero-order valence-electron chi connectivity index (χ0n) is 16.8. The molecule has 9 heteroatoms. The number of fused-ring (bicyclic) bond motifs is 4. The van der Waals surface area contributed by atoms with Crippen LogP contribution in [0.2, 0.25) is 0 Å². The number of carbonyl (C=O) groups excluding carboxylic acids is 2. The van der Waals surface area contributed by atoms with Gasteiger partial charge in [0.1, 0.15) is 5.70 Å². The summed E-state index contributed by atoms with van der Waals surface area (Å²) in [5.41, 5.74) is 0.527. The fourth-order valence-corrected chi connectivity index (χ4v) is 6.50. The average molecular weight is 440 g/mol. The van der Waals surface area contributed by atoms with Gasteiger partial charge in [0, 0.05) is 11.3 Å². The first-order valence-corrected chi connectivity index (χ1v) is 11.1. The number of aliphatic carboxylic acids is 1. The SMILES string of the molecule is CC(O)[C@H]1C(=O)N2C(C(=O)O)=C(CN3C(=O)c4ccc5ccccc5c4S3=O)[C@H](C)C12. The van der Waals surface area contributed by atoms with Crippen LogP contribution in [0.25, 0.3) is 10.8 Å². The molecule has 31 heavy (non-hydrogen) atoms. The molecule has 5 atom stereocenters. The molecule has 1 fully saturated rings. The second kappa shape index (κ2) is 6.73. The zero-order valence-corrected chi connectivity index (χ0v) is 17.6. The highest BCUT2D eigenvalue weighted by Gasteiger charge is 2.60. The van der Waals surface area contributed by atoms with Crippen molar-refractivity contribution in [2.24, 2.45) is 11.8 Å². The third kappa shape index (κ3) is 2.56. The van der Waals surface area contributed by atoms with Crippen LogP contribution in [0.3, 0.4) is 0 Å². The molecule has 0 radical (unpaired) electrons. The number of carboxylic acids is 1. The van der Waals surface area contributed by atoms with E-state index in [0.29, 0.717) is 21.4 Å². The molecule has 5 rings (SSSR count). The van der Waals surface area contributed by atoms with Gasteiger partial charge in [0.2, 0.25) is 5.91 Å². The van der Waals surface area contributed by atoms with Crippen LogP contribution in [0.4, 0.5) is 0 Å². The van der Waals surface area contributed by atoms with E-state index in [0.717, 1.165) is 5.39 Å². The Morgan fingerprint density at radius 2 is 1.90 bits per heavy atom. The molecule has 8 nitrogen and oxygen atoms in total. The smallest absolute Gasteiger partial charge is 0.352 e. The topological polar surface area (TPSA) is 115 Å². The highest BCUT2D eigenvalue weighted by atomic mass is 32.2. The lowest BCUT2D eigenvalue weighted by molar-refractivity contribution is -0.163. The van der Waals surface area contributed by atoms with Crippen LogP contribution in [-0.2, 0) is 20.6 Å². The Labute approximate surface area is 180 Å². The first-order valence-electron chi connectivity index (χ1n) is 9.97. The Kier molecular flexibility index (Phi) is 4.32. The van der Waals surface area contributed by atoms with Crippen LogP contribution in [0.1, 0.15) is 24.2 Å². The molecule has 2 aromatic carbocycles. The minimum Gasteiger partial charge on any atom is -0.477 e. The molecular formula is C22H20N2O6S. The van der Waals surface area contributed by atoms with Crippen molar-refractivity contribution in [2.45, 2.75) is 30.9 Å². The molecular weight excluding hydrogens is 420 g/mol. The standard InChI is InChI=1S/C22H20N2O6S/c1-10-15(18(22(28)29)24-17(10)16(11(2)25)21(24)27)9-23-20(26)14-8-7-12-5-3-4-6-13(12)19(14)31(23)30/h3-8,10-11,16-17,25H,9H2,1-2H3,(H,28,29)/t10-,11?,16+,17?,31?/m0/s1. The second-order valence-electron chi connectivity index (χ2n) is 8.19. The van der Waals surface area contributed by atoms with Crippen molar-refractivity contribution >= 4 is 39.5 Å². The van der Waals surface area contributed by atoms with Gasteiger partial charge in [-0.15, -0.1) is 0 Å². The second-order valence-corrected chi connectivity index (χ2v) is 9.53. The molecule has 3 unspecified atom stereocenters. The summed E-state index contributed by atoms with van der Waals surface area (Å²) in [6.07, 6.45) is -0.913. The monoisotopic (exact) mass is 440 g/mol. The fourth-order valence-electron chi connectivity index (χ4n) is 5.06. The fraction of sp³-hybridized carbons (Fsp3) is 0.318. The van der Waals surface area contributed by atoms with Crippen LogP contribution >= 0.6 is 0 Å². The molecule has 1 saturated heterocycles. The van der Waals surface area contributed by atoms with E-state index in [1.807, 2.05) is 18.2 Å². The molecule has 160 valence electrons. The number of rotatable bonds is 4. The van der Waals surface area contributed by atoms with E-state index in [2.05, 4.69) is 0 Å². The summed E-state index contributed by atoms with van der Waals surface area (Å²) < 4.78 is 14.5. The predicted octanol–water partition coefficient (Wildman–Crippen LogP) is 1.51. The van der Waals surface area contributed by atoms with Crippen molar-refractivity contribution in [1.82, 2.24) is 9.21 Å². The lowest BCUT2D eigenvalue weighted by Gasteiger charge is -2.46. The van der Waals surface area contributed by atoms with Crippen LogP contribution < -0.4 is 0 Å². The van der Waals surface area contributed by atoms with E-state index in [-0.39, 0.29) is 12.2 Å². The Bertz CT molecular complexity index is 1240. The molecule has 3 aliphatic rings. The first-order chi connectivity index (χ1) is 14.7. The normalized spacial score (nSPS) is 28.1. The van der Waals surface area contributed by atoms with Gasteiger partial charge in [-0.05, 0) is 23.9 Å². The quantitative estimate of drug-likeness (QED) is 0.697. The number of β-lactam (4-membered cyclic amide) rings is 1. The predicted molar refractivity (Wildman–Crippen MR) is 111 cm³/mol. The maximum Gasteiger partial charge on any atom is 0.352 e. The highest BCUT2D eigenvalue weighted by molar-refractivity contribution is 7.84. The lowest BCUT2D eigenvalue weighted by atomic mass is 9.78. The van der Waals surface area contributed by atoms with Crippen LogP contribution in [0, 0.1) is 11.8 Å². The Morgan fingerprint density at radius 3 is 2.58 bits per heavy atom. The lowest BCUT2D eigenvalue weighted by Crippen LogP contribution is -2.63. The van der Waals surface area contributed by atoms with Gasteiger partial charge in [0.25, 0.3) is 5.91 Å². The Morgan fingerprint density at radius 1 is 1.19 bits per heavy atom. The Balaban J connectivity index is 1.55. The molecule has 0 aromatic heterocycles. The maximum absolute atomic E-state index is 13.3. The first kappa shape index (κ1) is 19.9. The van der Waals surface area contributed by atoms with Gasteiger partial charge >= 0.3 is 5.97 Å². The molecule has 2 N–H and O–H groups in total. The van der Waals surface area contributed by atoms with Crippen molar-refractivity contribution in [2.75, 3.05) is 6.54 Å². The molecule has 0 spiro atoms. The third-order valence-corrected chi connectivity index (χ3v) is 8.03. The van der Waals surface area contributed by atoms with E-state index < -0.39 is 52.8 Å². The average Bonchev–Trinajstić information content (AvgIpc) is 3.12. The van der Waals surface area contributed by atoms with Gasteiger partial charge in [-0.25, -0.2) is 13.3 Å². The van der Waals surface area contributed by atoms with E-state index >= 15 is 0 Å². The molecule has 3 aliphatic heterocycles. The van der Waals surface area contributed by atoms with E-state index in [1.165, 1.54) is 16.1 Å². The highest BCUT2D eigenvalue weighted by Crippen LogP contribution is 2.48. The van der Waals surface area contributed by atoms with Crippen molar-refractivity contribution in [3.8, 4) is 0 Å². The number of benzene rings is 2. The van der Waals surface area contributed by atoms with Gasteiger partial charge in [0.15, 0.2) is 11.0 Å². The minimum atomic E-state index is -1.80. The molecule has 3 heterocycles. The Hall–Kier alpha value is -3.04. The van der Waals surface area contributed by atoms with Gasteiger partial charge in [0.05, 0.1) is 35.1 Å². The summed E-state index contributed by atoms with van der Waals surface area (Å²) in [5.74, 6) is -3.24. The summed E-state index contributed by atoms with van der Waals surface area (Å²) in [5, 5.41) is 21.3. The van der Waals surface area contributed by atoms with Gasteiger partial charge in [-0.1, -0.05) is 37.3 Å². The van der Waals surface area contributed by atoms with E-state index in [4.69, 9.17) is 0 Å². The summed E-state index contributed by atoms with van der Waals surface area (Å²) in [4.78, 5) is 39.2. The molecule has 0 saturated carbocycles. The largest absolute Gasteiger partial charge is 0.477 e. The number of amides is 2. The number of hydrogen-bond acceptors (Lipinski definition) is 5. The third-order valence-electron chi connectivity index (χ3n) is 6.54. The summed E-state index contributed by atoms with van der Waals surface area (Å²) in [6.45, 7) is 3.12. The van der Waals surface area contributed by atoms with Gasteiger partial charge in [-0.3, -0.25) is 9.59 Å². The summed E-state index contributed by atoms with van der Waals surface area (Å²) >= 11 is 0. The number of hydrogen-bond donors (Lipinski definition) is 2. The molecule has 2 amide bonds. The van der Waals surface area contributed by atoms with E-state index in [1.54, 1.807) is 25.1 Å². The van der Waals surface area contributed by atoms with Crippen molar-refractivity contribution in [1.29, 1.82) is 0 Å². The van der Waals surface area contributed by atoms with Gasteiger partial charge < -0.3 is 15.1 Å². The number of aliphatic hydroxyl groups excluding tert-OH is 1. The minimum absolute atomic E-state index is 0.163. The van der Waals surface area contributed by atoms with Gasteiger partial charge in [-0.2, -0.15) is 0 Å². The number of carboxylic acid groups (broad SMARTS) is 1. The van der Waals surface area contributed by atoms with Crippen molar-refractivity contribution in [3.63, 3.8) is 0 Å². The summed E-state index contributed by atoms with van der Waals surface area (Å²) in [7, 11) is -1.80. The van der Waals surface area contributed by atoms with Crippen molar-refractivity contribution in [3.05, 3.63) is 53.2 Å². The zero-order chi connectivity index (χ0) is 22.2. The summed E-state index contributed by atoms with van der Waals surface area (Å²) in [6, 6.07) is 10.3. The number of aliphatic hydroxyl groups is 1. The number of carbonyl (C=O) groups is 3. The molecule has 0 aliphatic carbocycles. The molecule has 2 aromatic rings. The maximum atomic E-state index is 13.3. The van der Waals surface area contributed by atoms with E-state index in [9.17, 15) is 28.8 Å². The number of nitrogens with zero attached hydrogens (tertiary/aromatic N) is 2.